The van der Waals surface area contributed by atoms with E-state index in [1.165, 1.54) is 22.0 Å². The molecule has 0 aliphatic heterocycles. The van der Waals surface area contributed by atoms with E-state index >= 15 is 0 Å². The summed E-state index contributed by atoms with van der Waals surface area (Å²) in [5, 5.41) is 18.8. The molecule has 0 bridgehead atoms. The summed E-state index contributed by atoms with van der Waals surface area (Å²) in [7, 11) is 1.59. The number of phenols is 1. The van der Waals surface area contributed by atoms with Crippen LogP contribution in [0.3, 0.4) is 0 Å². The maximum atomic E-state index is 13.9. The number of nitrogens with zero attached hydrogens (tertiary/aromatic N) is 5. The number of thiophene rings is 1. The van der Waals surface area contributed by atoms with Crippen LogP contribution < -0.4 is 10.3 Å². The Balaban J connectivity index is 1.64. The van der Waals surface area contributed by atoms with E-state index < -0.39 is 6.55 Å². The number of alkyl halides is 2. The minimum atomic E-state index is -2.85. The van der Waals surface area contributed by atoms with Gasteiger partial charge in [0.2, 0.25) is 0 Å². The van der Waals surface area contributed by atoms with Crippen LogP contribution >= 0.6 is 22.9 Å². The molecule has 1 aliphatic rings. The van der Waals surface area contributed by atoms with E-state index in [0.717, 1.165) is 30.2 Å². The molecule has 1 aliphatic carbocycles. The van der Waals surface area contributed by atoms with Gasteiger partial charge in [0.25, 0.3) is 5.56 Å². The van der Waals surface area contributed by atoms with Gasteiger partial charge < -0.3 is 9.84 Å². The molecule has 6 rings (SSSR count). The van der Waals surface area contributed by atoms with Crippen molar-refractivity contribution in [3.63, 3.8) is 0 Å². The number of hydrogen-bond donors (Lipinski definition) is 1. The average molecular weight is 530 g/mol. The third-order valence-electron chi connectivity index (χ3n) is 6.28. The Morgan fingerprint density at radius 2 is 2.08 bits per heavy atom. The van der Waals surface area contributed by atoms with E-state index in [1.54, 1.807) is 19.2 Å². The summed E-state index contributed by atoms with van der Waals surface area (Å²) in [6, 6.07) is 8.78. The first kappa shape index (κ1) is 22.9. The molecule has 184 valence electrons. The highest BCUT2D eigenvalue weighted by atomic mass is 35.5. The third kappa shape index (κ3) is 3.70. The minimum absolute atomic E-state index is 0.114. The van der Waals surface area contributed by atoms with Gasteiger partial charge in [-0.3, -0.25) is 9.36 Å². The van der Waals surface area contributed by atoms with Crippen molar-refractivity contribution in [1.29, 1.82) is 0 Å². The average Bonchev–Trinajstić information content (AvgIpc) is 3.48. The molecule has 8 nitrogen and oxygen atoms in total. The number of fused-ring (bicyclic) bond motifs is 3. The molecular weight excluding hydrogens is 512 g/mol. The number of aromatic nitrogens is 5. The van der Waals surface area contributed by atoms with Crippen LogP contribution in [0.5, 0.6) is 11.5 Å². The number of phenolic OH excluding ortho intramolecular Hbond substituents is 1. The number of ether oxygens (including phenoxy) is 1. The number of halogens is 3. The first-order chi connectivity index (χ1) is 17.4. The fourth-order valence-corrected chi connectivity index (χ4v) is 5.71. The monoisotopic (exact) mass is 529 g/mol. The van der Waals surface area contributed by atoms with Crippen molar-refractivity contribution < 1.29 is 18.6 Å². The van der Waals surface area contributed by atoms with Crippen LogP contribution in [0.4, 0.5) is 8.78 Å². The van der Waals surface area contributed by atoms with Crippen LogP contribution in [-0.4, -0.2) is 36.8 Å². The highest BCUT2D eigenvalue weighted by molar-refractivity contribution is 7.25. The van der Waals surface area contributed by atoms with E-state index in [4.69, 9.17) is 21.3 Å². The molecule has 5 aromatic rings. The van der Waals surface area contributed by atoms with Gasteiger partial charge in [0.05, 0.1) is 35.0 Å². The molecule has 0 spiro atoms. The van der Waals surface area contributed by atoms with Gasteiger partial charge in [-0.2, -0.15) is 13.5 Å². The van der Waals surface area contributed by atoms with Crippen molar-refractivity contribution in [3.8, 4) is 22.9 Å². The molecule has 3 aromatic heterocycles. The summed E-state index contributed by atoms with van der Waals surface area (Å²) in [6.07, 6.45) is 3.12. The number of methoxy groups -OCH3 is 1. The number of rotatable bonds is 6. The molecule has 1 fully saturated rings. The Labute approximate surface area is 211 Å². The van der Waals surface area contributed by atoms with Crippen molar-refractivity contribution >= 4 is 43.2 Å². The van der Waals surface area contributed by atoms with Gasteiger partial charge in [0.15, 0.2) is 5.75 Å². The van der Waals surface area contributed by atoms with Gasteiger partial charge >= 0.3 is 6.55 Å². The Morgan fingerprint density at radius 1 is 1.28 bits per heavy atom. The fourth-order valence-electron chi connectivity index (χ4n) is 4.38. The molecule has 0 amide bonds. The van der Waals surface area contributed by atoms with Crippen LogP contribution in [0.15, 0.2) is 41.3 Å². The Morgan fingerprint density at radius 3 is 2.78 bits per heavy atom. The van der Waals surface area contributed by atoms with E-state index in [0.29, 0.717) is 42.5 Å². The minimum Gasteiger partial charge on any atom is -0.505 e. The molecule has 2 aromatic carbocycles. The fraction of sp³-hybridized carbons (Fsp3) is 0.250. The van der Waals surface area contributed by atoms with Gasteiger partial charge in [0.1, 0.15) is 22.1 Å². The Bertz CT molecular complexity index is 1710. The lowest BCUT2D eigenvalue weighted by molar-refractivity contribution is 0.0545. The highest BCUT2D eigenvalue weighted by Crippen LogP contribution is 2.46. The first-order valence-electron chi connectivity index (χ1n) is 11.1. The number of aromatic hydroxyl groups is 1. The van der Waals surface area contributed by atoms with E-state index in [2.05, 4.69) is 10.3 Å². The Kier molecular flexibility index (Phi) is 5.41. The molecule has 0 radical (unpaired) electrons. The topological polar surface area (TPSA) is 95.1 Å². The second-order valence-electron chi connectivity index (χ2n) is 8.58. The van der Waals surface area contributed by atoms with Crippen molar-refractivity contribution in [1.82, 2.24) is 24.5 Å². The smallest absolute Gasteiger partial charge is 0.334 e. The molecule has 3 heterocycles. The van der Waals surface area contributed by atoms with Gasteiger partial charge in [-0.05, 0) is 48.6 Å². The van der Waals surface area contributed by atoms with Gasteiger partial charge in [-0.25, -0.2) is 4.98 Å². The molecule has 0 saturated heterocycles. The zero-order valence-corrected chi connectivity index (χ0v) is 20.4. The SMILES string of the molecule is COc1ccc(-c2nc3sc4c(O)c(Cl)ccc4c3c(=O)n2Cc2cn(C(F)F)nn2)c(C2CC2)c1. The Hall–Kier alpha value is -3.57. The normalized spacial score (nSPS) is 13.8. The van der Waals surface area contributed by atoms with Crippen LogP contribution in [0, 0.1) is 0 Å². The summed E-state index contributed by atoms with van der Waals surface area (Å²) < 4.78 is 33.9. The summed E-state index contributed by atoms with van der Waals surface area (Å²) in [4.78, 5) is 19.2. The standard InChI is InChI=1S/C24H18ClF2N5O3S/c1-35-13-4-5-14(16(8-13)11-2-3-11)21-28-22-18(15-6-7-17(25)19(33)20(15)36-22)23(34)31(21)9-12-10-32(24(26)27)30-29-12/h4-8,10-11,24,33H,2-3,9H2,1H3. The molecule has 1 saturated carbocycles. The quantitative estimate of drug-likeness (QED) is 0.309. The molecule has 1 N–H and O–H groups in total. The second kappa shape index (κ2) is 8.52. The van der Waals surface area contributed by atoms with Crippen molar-refractivity contribution in [2.45, 2.75) is 31.9 Å². The molecule has 0 unspecified atom stereocenters. The van der Waals surface area contributed by atoms with Gasteiger partial charge in [0, 0.05) is 10.9 Å². The summed E-state index contributed by atoms with van der Waals surface area (Å²) in [5.41, 5.74) is 1.55. The van der Waals surface area contributed by atoms with E-state index in [1.807, 2.05) is 12.1 Å². The van der Waals surface area contributed by atoms with Gasteiger partial charge in [-0.15, -0.1) is 16.4 Å². The van der Waals surface area contributed by atoms with E-state index in [-0.39, 0.29) is 28.6 Å². The van der Waals surface area contributed by atoms with Crippen LogP contribution in [0.25, 0.3) is 31.7 Å². The first-order valence-corrected chi connectivity index (χ1v) is 12.3. The zero-order valence-electron chi connectivity index (χ0n) is 18.8. The lowest BCUT2D eigenvalue weighted by Gasteiger charge is -2.15. The van der Waals surface area contributed by atoms with Crippen LogP contribution in [0.2, 0.25) is 5.02 Å². The van der Waals surface area contributed by atoms with Crippen molar-refractivity contribution in [2.24, 2.45) is 0 Å². The summed E-state index contributed by atoms with van der Waals surface area (Å²) >= 11 is 7.27. The third-order valence-corrected chi connectivity index (χ3v) is 7.69. The summed E-state index contributed by atoms with van der Waals surface area (Å²) in [5.74, 6) is 1.26. The van der Waals surface area contributed by atoms with E-state index in [9.17, 15) is 18.7 Å². The highest BCUT2D eigenvalue weighted by Gasteiger charge is 2.29. The molecule has 36 heavy (non-hydrogen) atoms. The molecular formula is C24H18ClF2N5O3S. The zero-order chi connectivity index (χ0) is 25.1. The predicted molar refractivity (Wildman–Crippen MR) is 132 cm³/mol. The van der Waals surface area contributed by atoms with Crippen LogP contribution in [0.1, 0.15) is 36.6 Å². The molecule has 0 atom stereocenters. The van der Waals surface area contributed by atoms with Crippen molar-refractivity contribution in [3.05, 3.63) is 63.2 Å². The molecule has 12 heteroatoms. The largest absolute Gasteiger partial charge is 0.505 e. The summed E-state index contributed by atoms with van der Waals surface area (Å²) in [6.45, 7) is -2.96. The van der Waals surface area contributed by atoms with Gasteiger partial charge in [-0.1, -0.05) is 22.9 Å². The number of hydrogen-bond acceptors (Lipinski definition) is 7. The predicted octanol–water partition coefficient (Wildman–Crippen LogP) is 5.56. The lowest BCUT2D eigenvalue weighted by Crippen LogP contribution is -2.24. The van der Waals surface area contributed by atoms with Crippen molar-refractivity contribution in [2.75, 3.05) is 7.11 Å². The maximum absolute atomic E-state index is 13.9. The van der Waals surface area contributed by atoms with Crippen LogP contribution in [-0.2, 0) is 6.54 Å². The second-order valence-corrected chi connectivity index (χ2v) is 9.98. The maximum Gasteiger partial charge on any atom is 0.334 e. The number of benzene rings is 2. The lowest BCUT2D eigenvalue weighted by atomic mass is 10.0.